The van der Waals surface area contributed by atoms with Crippen LogP contribution in [-0.2, 0) is 9.59 Å². The Hall–Kier alpha value is -4.24. The zero-order valence-corrected chi connectivity index (χ0v) is 19.5. The summed E-state index contributed by atoms with van der Waals surface area (Å²) in [6, 6.07) is 16.6. The number of halogens is 1. The van der Waals surface area contributed by atoms with Gasteiger partial charge in [-0.05, 0) is 24.3 Å². The molecule has 4 aromatic rings. The summed E-state index contributed by atoms with van der Waals surface area (Å²) in [7, 11) is 2.93. The summed E-state index contributed by atoms with van der Waals surface area (Å²) < 4.78 is 25.4. The molecule has 0 spiro atoms. The maximum atomic E-state index is 13.8. The van der Waals surface area contributed by atoms with Crippen LogP contribution in [0.3, 0.4) is 0 Å². The second-order valence-corrected chi connectivity index (χ2v) is 8.74. The first-order valence-electron chi connectivity index (χ1n) is 10.6. The summed E-state index contributed by atoms with van der Waals surface area (Å²) in [4.78, 5) is 32.4. The number of aliphatic hydroxyl groups excluding tert-OH is 1. The van der Waals surface area contributed by atoms with Crippen molar-refractivity contribution in [1.82, 2.24) is 4.98 Å². The van der Waals surface area contributed by atoms with Crippen LogP contribution in [0.2, 0.25) is 0 Å². The lowest BCUT2D eigenvalue weighted by Crippen LogP contribution is -2.29. The number of hydrogen-bond acceptors (Lipinski definition) is 7. The van der Waals surface area contributed by atoms with E-state index in [1.165, 1.54) is 37.3 Å². The lowest BCUT2D eigenvalue weighted by molar-refractivity contribution is -0.132. The van der Waals surface area contributed by atoms with Gasteiger partial charge in [-0.25, -0.2) is 9.37 Å². The molecule has 1 unspecified atom stereocenters. The Morgan fingerprint density at radius 3 is 2.51 bits per heavy atom. The van der Waals surface area contributed by atoms with Crippen molar-refractivity contribution in [2.24, 2.45) is 0 Å². The standard InChI is InChI=1S/C26H19FN2O5S/c1-33-18-10-6-9-16(24(18)34-2)21-20(22(30)14-7-4-3-5-8-14)23(31)25(32)29(21)26-28-17-12-11-15(27)13-19(17)35-26/h3-13,21,30H,1-2H3/b22-20+. The molecule has 0 bridgehead atoms. The molecule has 5 rings (SSSR count). The van der Waals surface area contributed by atoms with E-state index in [0.29, 0.717) is 32.8 Å². The number of thiazole rings is 1. The van der Waals surface area contributed by atoms with E-state index < -0.39 is 23.5 Å². The molecular formula is C26H19FN2O5S. The molecule has 1 aliphatic heterocycles. The van der Waals surface area contributed by atoms with Gasteiger partial charge in [-0.2, -0.15) is 0 Å². The third kappa shape index (κ3) is 3.70. The Balaban J connectivity index is 1.79. The van der Waals surface area contributed by atoms with E-state index in [1.54, 1.807) is 48.5 Å². The van der Waals surface area contributed by atoms with Crippen LogP contribution in [0, 0.1) is 5.82 Å². The van der Waals surface area contributed by atoms with Crippen molar-refractivity contribution in [3.05, 3.63) is 89.2 Å². The van der Waals surface area contributed by atoms with Gasteiger partial charge in [-0.15, -0.1) is 0 Å². The van der Waals surface area contributed by atoms with E-state index in [1.807, 2.05) is 0 Å². The number of anilines is 1. The molecule has 3 aromatic carbocycles. The van der Waals surface area contributed by atoms with Crippen molar-refractivity contribution in [3.8, 4) is 11.5 Å². The molecule has 1 fully saturated rings. The summed E-state index contributed by atoms with van der Waals surface area (Å²) in [6.07, 6.45) is 0. The van der Waals surface area contributed by atoms with Crippen LogP contribution in [-0.4, -0.2) is 36.0 Å². The van der Waals surface area contributed by atoms with Gasteiger partial charge in [0, 0.05) is 11.1 Å². The van der Waals surface area contributed by atoms with Crippen LogP contribution in [0.25, 0.3) is 16.0 Å². The summed E-state index contributed by atoms with van der Waals surface area (Å²) in [6.45, 7) is 0. The molecule has 2 heterocycles. The number of nitrogens with zero attached hydrogens (tertiary/aromatic N) is 2. The Bertz CT molecular complexity index is 1500. The number of ether oxygens (including phenoxy) is 2. The highest BCUT2D eigenvalue weighted by Crippen LogP contribution is 2.48. The second-order valence-electron chi connectivity index (χ2n) is 7.73. The zero-order chi connectivity index (χ0) is 24.7. The first kappa shape index (κ1) is 22.5. The zero-order valence-electron chi connectivity index (χ0n) is 18.7. The molecule has 7 nitrogen and oxygen atoms in total. The van der Waals surface area contributed by atoms with Gasteiger partial charge in [0.25, 0.3) is 5.78 Å². The third-order valence-corrected chi connectivity index (χ3v) is 6.78. The molecule has 176 valence electrons. The van der Waals surface area contributed by atoms with Gasteiger partial charge in [0.15, 0.2) is 16.6 Å². The maximum absolute atomic E-state index is 13.8. The SMILES string of the molecule is COc1cccc(C2/C(=C(\O)c3ccccc3)C(=O)C(=O)N2c2nc3ccc(F)cc3s2)c1OC. The first-order valence-corrected chi connectivity index (χ1v) is 11.4. The number of hydrogen-bond donors (Lipinski definition) is 1. The third-order valence-electron chi connectivity index (χ3n) is 5.76. The summed E-state index contributed by atoms with van der Waals surface area (Å²) in [5.74, 6) is -1.80. The van der Waals surface area contributed by atoms with E-state index in [4.69, 9.17) is 9.47 Å². The number of aliphatic hydroxyl groups is 1. The normalized spacial score (nSPS) is 17.2. The van der Waals surface area contributed by atoms with E-state index in [9.17, 15) is 19.1 Å². The number of Topliss-reactive ketones (excluding diaryl/α,β-unsaturated/α-hetero) is 1. The highest BCUT2D eigenvalue weighted by molar-refractivity contribution is 7.22. The van der Waals surface area contributed by atoms with E-state index in [-0.39, 0.29) is 16.5 Å². The Kier molecular flexibility index (Phi) is 5.70. The van der Waals surface area contributed by atoms with Gasteiger partial charge >= 0.3 is 5.91 Å². The minimum Gasteiger partial charge on any atom is -0.507 e. The number of carbonyl (C=O) groups is 2. The van der Waals surface area contributed by atoms with E-state index >= 15 is 0 Å². The van der Waals surface area contributed by atoms with Crippen LogP contribution in [0.15, 0.2) is 72.3 Å². The van der Waals surface area contributed by atoms with Crippen molar-refractivity contribution in [2.45, 2.75) is 6.04 Å². The van der Waals surface area contributed by atoms with Gasteiger partial charge in [0.05, 0.1) is 30.0 Å². The van der Waals surface area contributed by atoms with Crippen LogP contribution in [0.5, 0.6) is 11.5 Å². The maximum Gasteiger partial charge on any atom is 0.301 e. The molecule has 1 amide bonds. The molecule has 35 heavy (non-hydrogen) atoms. The fourth-order valence-electron chi connectivity index (χ4n) is 4.19. The molecule has 1 aromatic heterocycles. The van der Waals surface area contributed by atoms with Gasteiger partial charge in [0.1, 0.15) is 17.6 Å². The highest BCUT2D eigenvalue weighted by atomic mass is 32.1. The topological polar surface area (TPSA) is 89.0 Å². The van der Waals surface area contributed by atoms with Crippen molar-refractivity contribution >= 4 is 44.1 Å². The summed E-state index contributed by atoms with van der Waals surface area (Å²) >= 11 is 1.07. The summed E-state index contributed by atoms with van der Waals surface area (Å²) in [5.41, 5.74) is 1.17. The van der Waals surface area contributed by atoms with E-state index in [2.05, 4.69) is 4.98 Å². The van der Waals surface area contributed by atoms with E-state index in [0.717, 1.165) is 11.3 Å². The quantitative estimate of drug-likeness (QED) is 0.239. The average molecular weight is 491 g/mol. The Labute approximate surface area is 203 Å². The smallest absolute Gasteiger partial charge is 0.301 e. The Morgan fingerprint density at radius 1 is 1.03 bits per heavy atom. The van der Waals surface area contributed by atoms with Crippen molar-refractivity contribution in [2.75, 3.05) is 19.1 Å². The monoisotopic (exact) mass is 490 g/mol. The fourth-order valence-corrected chi connectivity index (χ4v) is 5.21. The number of amides is 1. The second kappa shape index (κ2) is 8.84. The largest absolute Gasteiger partial charge is 0.507 e. The molecule has 9 heteroatoms. The molecule has 1 N–H and O–H groups in total. The number of carbonyl (C=O) groups excluding carboxylic acids is 2. The molecule has 0 saturated carbocycles. The minimum absolute atomic E-state index is 0.113. The number of rotatable bonds is 5. The van der Waals surface area contributed by atoms with Gasteiger partial charge in [-0.1, -0.05) is 53.8 Å². The molecular weight excluding hydrogens is 471 g/mol. The van der Waals surface area contributed by atoms with Crippen LogP contribution >= 0.6 is 11.3 Å². The van der Waals surface area contributed by atoms with Crippen molar-refractivity contribution in [1.29, 1.82) is 0 Å². The number of fused-ring (bicyclic) bond motifs is 1. The minimum atomic E-state index is -1.06. The molecule has 0 aliphatic carbocycles. The number of benzene rings is 3. The lowest BCUT2D eigenvalue weighted by Gasteiger charge is -2.25. The molecule has 1 atom stereocenters. The van der Waals surface area contributed by atoms with Crippen molar-refractivity contribution in [3.63, 3.8) is 0 Å². The van der Waals surface area contributed by atoms with Crippen LogP contribution < -0.4 is 14.4 Å². The lowest BCUT2D eigenvalue weighted by atomic mass is 9.94. The fraction of sp³-hybridized carbons (Fsp3) is 0.115. The van der Waals surface area contributed by atoms with Gasteiger partial charge in [0.2, 0.25) is 0 Å². The molecule has 0 radical (unpaired) electrons. The summed E-state index contributed by atoms with van der Waals surface area (Å²) in [5, 5.41) is 11.4. The predicted molar refractivity (Wildman–Crippen MR) is 130 cm³/mol. The number of para-hydroxylation sites is 1. The van der Waals surface area contributed by atoms with Gasteiger partial charge in [-0.3, -0.25) is 14.5 Å². The Morgan fingerprint density at radius 2 is 1.80 bits per heavy atom. The van der Waals surface area contributed by atoms with Gasteiger partial charge < -0.3 is 14.6 Å². The van der Waals surface area contributed by atoms with Crippen LogP contribution in [0.1, 0.15) is 17.2 Å². The first-order chi connectivity index (χ1) is 16.9. The number of aromatic nitrogens is 1. The predicted octanol–water partition coefficient (Wildman–Crippen LogP) is 5.08. The molecule has 1 aliphatic rings. The van der Waals surface area contributed by atoms with Crippen LogP contribution in [0.4, 0.5) is 9.52 Å². The number of ketones is 1. The van der Waals surface area contributed by atoms with Crippen molar-refractivity contribution < 1.29 is 28.6 Å². The highest BCUT2D eigenvalue weighted by Gasteiger charge is 2.49. The average Bonchev–Trinajstić information content (AvgIpc) is 3.41. The number of methoxy groups -OCH3 is 2. The molecule has 1 saturated heterocycles.